The van der Waals surface area contributed by atoms with Crippen molar-refractivity contribution in [3.63, 3.8) is 0 Å². The number of sulfonamides is 1. The maximum atomic E-state index is 13.3. The lowest BCUT2D eigenvalue weighted by atomic mass is 9.94. The monoisotopic (exact) mass is 505 g/mol. The summed E-state index contributed by atoms with van der Waals surface area (Å²) in [7, 11) is -0.718. The van der Waals surface area contributed by atoms with E-state index >= 15 is 0 Å². The van der Waals surface area contributed by atoms with Crippen molar-refractivity contribution in [2.45, 2.75) is 24.3 Å². The van der Waals surface area contributed by atoms with Crippen molar-refractivity contribution < 1.29 is 22.3 Å². The van der Waals surface area contributed by atoms with Gasteiger partial charge in [0.05, 0.1) is 19.1 Å². The van der Waals surface area contributed by atoms with Crippen LogP contribution in [-0.2, 0) is 16.4 Å². The molecular weight excluding hydrogens is 478 g/mol. The number of rotatable bonds is 7. The standard InChI is InChI=1S/C27H27N3O5S/c1-18-11-13-22(14-12-18)36(31,32)29-30-16-15-19-7-4-5-10-23(19)25(30)26-28-24(27(34-3)35-26)20-8-6-9-21(17-20)33-2/h4-14,17,25,29H,15-16H2,1-3H3/t25-/m1/s1. The molecule has 8 nitrogen and oxygen atoms in total. The van der Waals surface area contributed by atoms with Crippen LogP contribution in [0, 0.1) is 6.92 Å². The molecule has 0 unspecified atom stereocenters. The van der Waals surface area contributed by atoms with E-state index in [0.29, 0.717) is 30.3 Å². The summed E-state index contributed by atoms with van der Waals surface area (Å²) in [5.74, 6) is 1.24. The second-order valence-corrected chi connectivity index (χ2v) is 10.2. The van der Waals surface area contributed by atoms with E-state index in [9.17, 15) is 8.42 Å². The van der Waals surface area contributed by atoms with Gasteiger partial charge in [-0.1, -0.05) is 54.1 Å². The molecule has 0 saturated heterocycles. The van der Waals surface area contributed by atoms with E-state index in [4.69, 9.17) is 18.9 Å². The molecule has 36 heavy (non-hydrogen) atoms. The van der Waals surface area contributed by atoms with Crippen LogP contribution in [0.25, 0.3) is 11.3 Å². The summed E-state index contributed by atoms with van der Waals surface area (Å²) in [5.41, 5.74) is 4.27. The third kappa shape index (κ3) is 4.60. The zero-order chi connectivity index (χ0) is 25.3. The first-order chi connectivity index (χ1) is 17.4. The fraction of sp³-hybridized carbons (Fsp3) is 0.222. The zero-order valence-electron chi connectivity index (χ0n) is 20.3. The molecule has 0 bridgehead atoms. The molecule has 0 aliphatic carbocycles. The van der Waals surface area contributed by atoms with Crippen molar-refractivity contribution in [2.24, 2.45) is 0 Å². The Bertz CT molecular complexity index is 1480. The minimum absolute atomic E-state index is 0.188. The third-order valence-corrected chi connectivity index (χ3v) is 7.59. The minimum atomic E-state index is -3.83. The fourth-order valence-electron chi connectivity index (χ4n) is 4.39. The predicted molar refractivity (Wildman–Crippen MR) is 135 cm³/mol. The average molecular weight is 506 g/mol. The molecule has 0 spiro atoms. The zero-order valence-corrected chi connectivity index (χ0v) is 21.1. The molecule has 9 heteroatoms. The lowest BCUT2D eigenvalue weighted by Gasteiger charge is -2.35. The second-order valence-electron chi connectivity index (χ2n) is 8.58. The van der Waals surface area contributed by atoms with Gasteiger partial charge in [0.15, 0.2) is 5.69 Å². The van der Waals surface area contributed by atoms with E-state index in [1.165, 1.54) is 7.11 Å². The summed E-state index contributed by atoms with van der Waals surface area (Å²) < 4.78 is 43.5. The van der Waals surface area contributed by atoms with Crippen LogP contribution in [0.2, 0.25) is 0 Å². The predicted octanol–water partition coefficient (Wildman–Crippen LogP) is 4.51. The van der Waals surface area contributed by atoms with E-state index in [-0.39, 0.29) is 10.8 Å². The summed E-state index contributed by atoms with van der Waals surface area (Å²) in [6.07, 6.45) is 0.670. The molecule has 1 aliphatic heterocycles. The summed E-state index contributed by atoms with van der Waals surface area (Å²) in [6, 6.07) is 21.5. The number of nitrogens with one attached hydrogen (secondary N) is 1. The normalized spacial score (nSPS) is 15.9. The van der Waals surface area contributed by atoms with Gasteiger partial charge in [0.25, 0.3) is 10.0 Å². The Morgan fingerprint density at radius 2 is 1.78 bits per heavy atom. The Hall–Kier alpha value is -3.66. The van der Waals surface area contributed by atoms with Crippen LogP contribution in [0.4, 0.5) is 0 Å². The van der Waals surface area contributed by atoms with Gasteiger partial charge in [0.2, 0.25) is 5.89 Å². The molecule has 1 aliphatic rings. The van der Waals surface area contributed by atoms with E-state index < -0.39 is 16.1 Å². The van der Waals surface area contributed by atoms with Crippen LogP contribution in [0.3, 0.4) is 0 Å². The van der Waals surface area contributed by atoms with Gasteiger partial charge in [-0.05, 0) is 48.7 Å². The Labute approximate surface area is 210 Å². The van der Waals surface area contributed by atoms with Crippen molar-refractivity contribution in [3.8, 4) is 23.0 Å². The first-order valence-electron chi connectivity index (χ1n) is 11.5. The summed E-state index contributed by atoms with van der Waals surface area (Å²) >= 11 is 0. The number of aromatic nitrogens is 1. The van der Waals surface area contributed by atoms with Gasteiger partial charge in [-0.15, -0.1) is 4.83 Å². The van der Waals surface area contributed by atoms with E-state index in [1.54, 1.807) is 36.4 Å². The SMILES string of the molecule is COc1cccc(-c2nc([C@H]3c4ccccc4CCN3NS(=O)(=O)c3ccc(C)cc3)oc2OC)c1. The number of ether oxygens (including phenoxy) is 2. The lowest BCUT2D eigenvalue weighted by Crippen LogP contribution is -2.48. The van der Waals surface area contributed by atoms with Crippen molar-refractivity contribution in [1.29, 1.82) is 0 Å². The molecule has 0 saturated carbocycles. The Balaban J connectivity index is 1.58. The Morgan fingerprint density at radius 1 is 1.00 bits per heavy atom. The van der Waals surface area contributed by atoms with E-state index in [0.717, 1.165) is 22.3 Å². The number of oxazole rings is 1. The number of nitrogens with zero attached hydrogens (tertiary/aromatic N) is 2. The molecule has 5 rings (SSSR count). The lowest BCUT2D eigenvalue weighted by molar-refractivity contribution is 0.153. The summed E-state index contributed by atoms with van der Waals surface area (Å²) in [4.78, 5) is 7.75. The van der Waals surface area contributed by atoms with Gasteiger partial charge >= 0.3 is 5.95 Å². The van der Waals surface area contributed by atoms with Crippen LogP contribution >= 0.6 is 0 Å². The molecule has 2 heterocycles. The largest absolute Gasteiger partial charge is 0.497 e. The second kappa shape index (κ2) is 9.77. The smallest absolute Gasteiger partial charge is 0.313 e. The Kier molecular flexibility index (Phi) is 6.53. The quantitative estimate of drug-likeness (QED) is 0.395. The highest BCUT2D eigenvalue weighted by molar-refractivity contribution is 7.89. The van der Waals surface area contributed by atoms with Crippen molar-refractivity contribution >= 4 is 10.0 Å². The highest BCUT2D eigenvalue weighted by atomic mass is 32.2. The van der Waals surface area contributed by atoms with Crippen molar-refractivity contribution in [2.75, 3.05) is 20.8 Å². The average Bonchev–Trinajstić information content (AvgIpc) is 3.32. The number of methoxy groups -OCH3 is 2. The number of hydrogen-bond acceptors (Lipinski definition) is 7. The molecule has 0 radical (unpaired) electrons. The molecule has 1 atom stereocenters. The van der Waals surface area contributed by atoms with Gasteiger partial charge in [0, 0.05) is 12.1 Å². The maximum absolute atomic E-state index is 13.3. The van der Waals surface area contributed by atoms with Gasteiger partial charge in [-0.25, -0.2) is 18.4 Å². The molecule has 4 aromatic rings. The number of hydrazine groups is 1. The molecular formula is C27H27N3O5S. The fourth-order valence-corrected chi connectivity index (χ4v) is 5.49. The van der Waals surface area contributed by atoms with Crippen molar-refractivity contribution in [1.82, 2.24) is 14.8 Å². The highest BCUT2D eigenvalue weighted by Crippen LogP contribution is 2.39. The molecule has 186 valence electrons. The van der Waals surface area contributed by atoms with Gasteiger partial charge in [0.1, 0.15) is 11.8 Å². The van der Waals surface area contributed by atoms with Gasteiger partial charge < -0.3 is 13.9 Å². The molecule has 1 N–H and O–H groups in total. The topological polar surface area (TPSA) is 93.9 Å². The first kappa shape index (κ1) is 24.1. The number of hydrogen-bond donors (Lipinski definition) is 1. The summed E-state index contributed by atoms with van der Waals surface area (Å²) in [5, 5.41) is 1.66. The number of benzene rings is 3. The van der Waals surface area contributed by atoms with Crippen LogP contribution < -0.4 is 14.3 Å². The highest BCUT2D eigenvalue weighted by Gasteiger charge is 2.36. The molecule has 1 aromatic heterocycles. The van der Waals surface area contributed by atoms with Crippen LogP contribution in [0.15, 0.2) is 82.1 Å². The molecule has 0 fully saturated rings. The first-order valence-corrected chi connectivity index (χ1v) is 13.0. The number of fused-ring (bicyclic) bond motifs is 1. The van der Waals surface area contributed by atoms with Crippen molar-refractivity contribution in [3.05, 3.63) is 95.4 Å². The van der Waals surface area contributed by atoms with Crippen LogP contribution in [-0.4, -0.2) is 39.2 Å². The van der Waals surface area contributed by atoms with Crippen LogP contribution in [0.1, 0.15) is 28.6 Å². The molecule has 0 amide bonds. The third-order valence-electron chi connectivity index (χ3n) is 6.23. The van der Waals surface area contributed by atoms with Gasteiger partial charge in [-0.3, -0.25) is 0 Å². The van der Waals surface area contributed by atoms with Crippen LogP contribution in [0.5, 0.6) is 11.7 Å². The maximum Gasteiger partial charge on any atom is 0.313 e. The number of aryl methyl sites for hydroxylation is 1. The van der Waals surface area contributed by atoms with E-state index in [2.05, 4.69) is 4.83 Å². The summed E-state index contributed by atoms with van der Waals surface area (Å²) in [6.45, 7) is 2.35. The minimum Gasteiger partial charge on any atom is -0.497 e. The molecule has 3 aromatic carbocycles. The van der Waals surface area contributed by atoms with E-state index in [1.807, 2.05) is 55.5 Å². The Morgan fingerprint density at radius 3 is 2.53 bits per heavy atom. The van der Waals surface area contributed by atoms with Gasteiger partial charge in [-0.2, -0.15) is 0 Å².